The minimum absolute atomic E-state index is 0.179. The highest BCUT2D eigenvalue weighted by Gasteiger charge is 2.37. The number of carbonyl (C=O) groups is 2. The minimum Gasteiger partial charge on any atom is -0.454 e. The van der Waals surface area contributed by atoms with E-state index in [2.05, 4.69) is 0 Å². The van der Waals surface area contributed by atoms with E-state index < -0.39 is 24.1 Å². The molecule has 0 fully saturated rings. The molecule has 5 heteroatoms. The van der Waals surface area contributed by atoms with Crippen LogP contribution < -0.4 is 0 Å². The molecule has 0 spiro atoms. The van der Waals surface area contributed by atoms with Crippen LogP contribution in [0, 0.1) is 0 Å². The highest BCUT2D eigenvalue weighted by molar-refractivity contribution is 5.92. The van der Waals surface area contributed by atoms with Crippen molar-refractivity contribution in [3.63, 3.8) is 0 Å². The zero-order valence-corrected chi connectivity index (χ0v) is 10.2. The molecule has 18 heavy (non-hydrogen) atoms. The number of fused-ring (bicyclic) bond motifs is 1. The lowest BCUT2D eigenvalue weighted by molar-refractivity contribution is -0.156. The van der Waals surface area contributed by atoms with E-state index in [1.807, 2.05) is 0 Å². The monoisotopic (exact) mass is 250 g/mol. The Morgan fingerprint density at radius 3 is 2.78 bits per heavy atom. The van der Waals surface area contributed by atoms with Crippen LogP contribution in [0.3, 0.4) is 0 Å². The van der Waals surface area contributed by atoms with E-state index in [0.29, 0.717) is 11.1 Å². The van der Waals surface area contributed by atoms with Gasteiger partial charge in [-0.2, -0.15) is 0 Å². The van der Waals surface area contributed by atoms with Crippen molar-refractivity contribution in [3.8, 4) is 0 Å². The molecule has 0 saturated carbocycles. The molecule has 0 saturated heterocycles. The van der Waals surface area contributed by atoms with E-state index in [9.17, 15) is 9.59 Å². The van der Waals surface area contributed by atoms with Crippen molar-refractivity contribution >= 4 is 11.9 Å². The van der Waals surface area contributed by atoms with Gasteiger partial charge in [0, 0.05) is 19.6 Å². The van der Waals surface area contributed by atoms with Crippen molar-refractivity contribution in [1.29, 1.82) is 0 Å². The second kappa shape index (κ2) is 5.18. The summed E-state index contributed by atoms with van der Waals surface area (Å²) in [4.78, 5) is 22.9. The summed E-state index contributed by atoms with van der Waals surface area (Å²) in [6.07, 6.45) is -1.22. The predicted molar refractivity (Wildman–Crippen MR) is 62.0 cm³/mol. The molecule has 2 rings (SSSR count). The SMILES string of the molecule is COC[C@@H]1OC(=O)c2ccccc2[C@@H]1OC(C)=O. The molecule has 1 aromatic rings. The molecule has 0 radical (unpaired) electrons. The first-order valence-electron chi connectivity index (χ1n) is 5.59. The fraction of sp³-hybridized carbons (Fsp3) is 0.385. The summed E-state index contributed by atoms with van der Waals surface area (Å²) in [5, 5.41) is 0. The van der Waals surface area contributed by atoms with Gasteiger partial charge in [0.05, 0.1) is 12.2 Å². The molecule has 0 N–H and O–H groups in total. The maximum Gasteiger partial charge on any atom is 0.339 e. The lowest BCUT2D eigenvalue weighted by Gasteiger charge is -2.31. The third-order valence-corrected chi connectivity index (χ3v) is 2.71. The Balaban J connectivity index is 2.38. The molecule has 0 aromatic heterocycles. The molecule has 1 heterocycles. The van der Waals surface area contributed by atoms with Crippen LogP contribution in [0.4, 0.5) is 0 Å². The Hall–Kier alpha value is -1.88. The Kier molecular flexibility index (Phi) is 3.62. The van der Waals surface area contributed by atoms with Gasteiger partial charge in [-0.1, -0.05) is 18.2 Å². The Labute approximate surface area is 105 Å². The average Bonchev–Trinajstić information content (AvgIpc) is 2.34. The van der Waals surface area contributed by atoms with E-state index in [-0.39, 0.29) is 6.61 Å². The number of carbonyl (C=O) groups excluding carboxylic acids is 2. The maximum absolute atomic E-state index is 11.8. The quantitative estimate of drug-likeness (QED) is 0.760. The summed E-state index contributed by atoms with van der Waals surface area (Å²) in [7, 11) is 1.50. The second-order valence-corrected chi connectivity index (χ2v) is 4.02. The highest BCUT2D eigenvalue weighted by Crippen LogP contribution is 2.32. The fourth-order valence-corrected chi connectivity index (χ4v) is 2.00. The van der Waals surface area contributed by atoms with Crippen LogP contribution in [0.1, 0.15) is 28.9 Å². The van der Waals surface area contributed by atoms with Gasteiger partial charge in [-0.05, 0) is 6.07 Å². The van der Waals surface area contributed by atoms with Crippen LogP contribution in [0.2, 0.25) is 0 Å². The first-order valence-corrected chi connectivity index (χ1v) is 5.59. The number of cyclic esters (lactones) is 1. The van der Waals surface area contributed by atoms with Crippen molar-refractivity contribution in [2.45, 2.75) is 19.1 Å². The fourth-order valence-electron chi connectivity index (χ4n) is 2.00. The molecule has 0 unspecified atom stereocenters. The van der Waals surface area contributed by atoms with Crippen molar-refractivity contribution in [3.05, 3.63) is 35.4 Å². The van der Waals surface area contributed by atoms with E-state index in [4.69, 9.17) is 14.2 Å². The van der Waals surface area contributed by atoms with Crippen LogP contribution in [0.5, 0.6) is 0 Å². The van der Waals surface area contributed by atoms with Gasteiger partial charge < -0.3 is 14.2 Å². The summed E-state index contributed by atoms with van der Waals surface area (Å²) in [6, 6.07) is 6.93. The van der Waals surface area contributed by atoms with Gasteiger partial charge in [-0.25, -0.2) is 4.79 Å². The van der Waals surface area contributed by atoms with Crippen LogP contribution in [-0.4, -0.2) is 31.8 Å². The number of hydrogen-bond donors (Lipinski definition) is 0. The Morgan fingerprint density at radius 2 is 2.11 bits per heavy atom. The number of benzene rings is 1. The molecule has 1 aromatic carbocycles. The topological polar surface area (TPSA) is 61.8 Å². The number of ether oxygens (including phenoxy) is 3. The second-order valence-electron chi connectivity index (χ2n) is 4.02. The van der Waals surface area contributed by atoms with Gasteiger partial charge >= 0.3 is 11.9 Å². The Morgan fingerprint density at radius 1 is 1.39 bits per heavy atom. The third-order valence-electron chi connectivity index (χ3n) is 2.71. The van der Waals surface area contributed by atoms with E-state index in [1.54, 1.807) is 24.3 Å². The van der Waals surface area contributed by atoms with Crippen LogP contribution in [0.15, 0.2) is 24.3 Å². The van der Waals surface area contributed by atoms with Gasteiger partial charge in [-0.3, -0.25) is 4.79 Å². The Bertz CT molecular complexity index is 468. The number of hydrogen-bond acceptors (Lipinski definition) is 5. The normalized spacial score (nSPS) is 22.0. The predicted octanol–water partition coefficient (Wildman–Crippen LogP) is 1.48. The molecular weight excluding hydrogens is 236 g/mol. The van der Waals surface area contributed by atoms with E-state index >= 15 is 0 Å². The van der Waals surface area contributed by atoms with Crippen molar-refractivity contribution < 1.29 is 23.8 Å². The van der Waals surface area contributed by atoms with Crippen LogP contribution in [-0.2, 0) is 19.0 Å². The summed E-state index contributed by atoms with van der Waals surface area (Å²) < 4.78 is 15.4. The number of methoxy groups -OCH3 is 1. The highest BCUT2D eigenvalue weighted by atomic mass is 16.6. The van der Waals surface area contributed by atoms with E-state index in [0.717, 1.165) is 0 Å². The van der Waals surface area contributed by atoms with Gasteiger partial charge in [0.15, 0.2) is 12.2 Å². The molecule has 0 bridgehead atoms. The molecule has 1 aliphatic rings. The zero-order chi connectivity index (χ0) is 13.1. The van der Waals surface area contributed by atoms with Gasteiger partial charge in [0.2, 0.25) is 0 Å². The number of rotatable bonds is 3. The van der Waals surface area contributed by atoms with Gasteiger partial charge in [0.25, 0.3) is 0 Å². The summed E-state index contributed by atoms with van der Waals surface area (Å²) in [5.41, 5.74) is 1.09. The minimum atomic E-state index is -0.614. The number of esters is 2. The van der Waals surface area contributed by atoms with Crippen LogP contribution in [0.25, 0.3) is 0 Å². The third kappa shape index (κ3) is 2.36. The smallest absolute Gasteiger partial charge is 0.339 e. The molecule has 0 amide bonds. The molecule has 5 nitrogen and oxygen atoms in total. The first kappa shape index (κ1) is 12.6. The lowest BCUT2D eigenvalue weighted by atomic mass is 9.96. The van der Waals surface area contributed by atoms with Gasteiger partial charge in [-0.15, -0.1) is 0 Å². The average molecular weight is 250 g/mol. The molecular formula is C13H14O5. The van der Waals surface area contributed by atoms with Crippen molar-refractivity contribution in [2.75, 3.05) is 13.7 Å². The van der Waals surface area contributed by atoms with Crippen LogP contribution >= 0.6 is 0 Å². The summed E-state index contributed by atoms with van der Waals surface area (Å²) in [6.45, 7) is 1.50. The lowest BCUT2D eigenvalue weighted by Crippen LogP contribution is -2.37. The molecule has 2 atom stereocenters. The van der Waals surface area contributed by atoms with Crippen molar-refractivity contribution in [1.82, 2.24) is 0 Å². The van der Waals surface area contributed by atoms with E-state index in [1.165, 1.54) is 14.0 Å². The zero-order valence-electron chi connectivity index (χ0n) is 10.2. The standard InChI is InChI=1S/C13H14O5/c1-8(14)17-12-9-5-3-4-6-10(9)13(15)18-11(12)7-16-2/h3-6,11-12H,7H2,1-2H3/t11-,12-/m0/s1. The first-order chi connectivity index (χ1) is 8.63. The van der Waals surface area contributed by atoms with Gasteiger partial charge in [0.1, 0.15) is 0 Å². The molecule has 1 aliphatic heterocycles. The molecule has 0 aliphatic carbocycles. The summed E-state index contributed by atoms with van der Waals surface area (Å²) in [5.74, 6) is -0.843. The maximum atomic E-state index is 11.8. The summed E-state index contributed by atoms with van der Waals surface area (Å²) >= 11 is 0. The van der Waals surface area contributed by atoms with Crippen molar-refractivity contribution in [2.24, 2.45) is 0 Å². The largest absolute Gasteiger partial charge is 0.454 e. The molecule has 96 valence electrons.